The number of nitrogens with one attached hydrogen (secondary N) is 1. The van der Waals surface area contributed by atoms with E-state index < -0.39 is 5.97 Å². The van der Waals surface area contributed by atoms with Gasteiger partial charge in [-0.3, -0.25) is 10.00 Å². The molecule has 1 aromatic carbocycles. The number of nitrogens with zero attached hydrogens (tertiary/aromatic N) is 2. The van der Waals surface area contributed by atoms with E-state index in [9.17, 15) is 4.79 Å². The summed E-state index contributed by atoms with van der Waals surface area (Å²) in [5, 5.41) is 19.1. The lowest BCUT2D eigenvalue weighted by molar-refractivity contribution is 0.0690. The van der Waals surface area contributed by atoms with Crippen molar-refractivity contribution in [2.45, 2.75) is 12.5 Å². The van der Waals surface area contributed by atoms with Crippen LogP contribution in [0, 0.1) is 0 Å². The highest BCUT2D eigenvalue weighted by molar-refractivity contribution is 7.17. The van der Waals surface area contributed by atoms with Crippen molar-refractivity contribution >= 4 is 27.4 Å². The molecular formula is C16H15N3O2S. The molecular weight excluding hydrogens is 298 g/mol. The molecule has 0 radical (unpaired) electrons. The first-order valence-electron chi connectivity index (χ1n) is 7.17. The van der Waals surface area contributed by atoms with E-state index in [1.54, 1.807) is 17.4 Å². The molecule has 0 unspecified atom stereocenters. The van der Waals surface area contributed by atoms with Crippen molar-refractivity contribution in [3.63, 3.8) is 0 Å². The molecule has 0 aliphatic carbocycles. The third-order valence-electron chi connectivity index (χ3n) is 4.17. The standard InChI is InChI=1S/C16H15N3O2S/c20-16(21)14-5-13(17-18-14)10-6-19(7-10)8-11-9-22-15-4-2-1-3-12(11)15/h1-5,9-10H,6-8H2,(H,17,18)(H,20,21). The van der Waals surface area contributed by atoms with Gasteiger partial charge in [0.05, 0.1) is 0 Å². The lowest BCUT2D eigenvalue weighted by Gasteiger charge is -2.38. The summed E-state index contributed by atoms with van der Waals surface area (Å²) in [7, 11) is 0. The maximum absolute atomic E-state index is 10.9. The molecule has 1 aliphatic rings. The minimum absolute atomic E-state index is 0.0947. The zero-order valence-corrected chi connectivity index (χ0v) is 12.6. The number of benzene rings is 1. The Labute approximate surface area is 131 Å². The first kappa shape index (κ1) is 13.5. The molecule has 1 saturated heterocycles. The number of hydrogen-bond donors (Lipinski definition) is 2. The molecule has 2 N–H and O–H groups in total. The number of rotatable bonds is 4. The van der Waals surface area contributed by atoms with Crippen molar-refractivity contribution in [2.24, 2.45) is 0 Å². The first-order chi connectivity index (χ1) is 10.7. The quantitative estimate of drug-likeness (QED) is 0.777. The van der Waals surface area contributed by atoms with Crippen molar-refractivity contribution in [1.82, 2.24) is 15.1 Å². The Balaban J connectivity index is 1.42. The molecule has 1 fully saturated rings. The molecule has 3 heterocycles. The number of aromatic nitrogens is 2. The fraction of sp³-hybridized carbons (Fsp3) is 0.250. The Bertz CT molecular complexity index is 833. The monoisotopic (exact) mass is 313 g/mol. The molecule has 2 aromatic heterocycles. The maximum Gasteiger partial charge on any atom is 0.356 e. The van der Waals surface area contributed by atoms with Gasteiger partial charge in [0.15, 0.2) is 5.69 Å². The van der Waals surface area contributed by atoms with E-state index >= 15 is 0 Å². The van der Waals surface area contributed by atoms with Crippen molar-refractivity contribution in [3.05, 3.63) is 52.7 Å². The molecule has 4 rings (SSSR count). The van der Waals surface area contributed by atoms with E-state index in [4.69, 9.17) is 5.11 Å². The molecule has 0 amide bonds. The number of likely N-dealkylation sites (tertiary alicyclic amines) is 1. The lowest BCUT2D eigenvalue weighted by Crippen LogP contribution is -2.44. The Morgan fingerprint density at radius 1 is 1.41 bits per heavy atom. The zero-order valence-electron chi connectivity index (χ0n) is 11.8. The predicted molar refractivity (Wildman–Crippen MR) is 85.4 cm³/mol. The third kappa shape index (κ3) is 2.30. The van der Waals surface area contributed by atoms with Gasteiger partial charge in [-0.15, -0.1) is 11.3 Å². The van der Waals surface area contributed by atoms with E-state index in [2.05, 4.69) is 44.7 Å². The number of carboxylic acid groups (broad SMARTS) is 1. The summed E-state index contributed by atoms with van der Waals surface area (Å²) >= 11 is 1.79. The van der Waals surface area contributed by atoms with Crippen LogP contribution in [0.2, 0.25) is 0 Å². The Hall–Kier alpha value is -2.18. The zero-order chi connectivity index (χ0) is 15.1. The average molecular weight is 313 g/mol. The van der Waals surface area contributed by atoms with Crippen LogP contribution in [-0.4, -0.2) is 39.3 Å². The van der Waals surface area contributed by atoms with E-state index in [0.717, 1.165) is 25.3 Å². The van der Waals surface area contributed by atoms with Crippen LogP contribution in [0.5, 0.6) is 0 Å². The number of aromatic amines is 1. The minimum Gasteiger partial charge on any atom is -0.476 e. The number of hydrogen-bond acceptors (Lipinski definition) is 4. The second-order valence-electron chi connectivity index (χ2n) is 5.66. The second kappa shape index (κ2) is 5.23. The number of fused-ring (bicyclic) bond motifs is 1. The van der Waals surface area contributed by atoms with E-state index in [1.165, 1.54) is 15.6 Å². The molecule has 3 aromatic rings. The molecule has 0 spiro atoms. The summed E-state index contributed by atoms with van der Waals surface area (Å²) in [6.07, 6.45) is 0. The second-order valence-corrected chi connectivity index (χ2v) is 6.57. The van der Waals surface area contributed by atoms with Gasteiger partial charge in [-0.2, -0.15) is 5.10 Å². The minimum atomic E-state index is -0.983. The van der Waals surface area contributed by atoms with Crippen molar-refractivity contribution in [3.8, 4) is 0 Å². The van der Waals surface area contributed by atoms with Gasteiger partial charge < -0.3 is 5.11 Å². The van der Waals surface area contributed by atoms with Crippen LogP contribution in [-0.2, 0) is 6.54 Å². The first-order valence-corrected chi connectivity index (χ1v) is 8.05. The van der Waals surface area contributed by atoms with Gasteiger partial charge in [0.1, 0.15) is 0 Å². The summed E-state index contributed by atoms with van der Waals surface area (Å²) in [4.78, 5) is 13.2. The van der Waals surface area contributed by atoms with Crippen LogP contribution in [0.25, 0.3) is 10.1 Å². The highest BCUT2D eigenvalue weighted by Gasteiger charge is 2.30. The fourth-order valence-corrected chi connectivity index (χ4v) is 3.90. The number of H-pyrrole nitrogens is 1. The average Bonchev–Trinajstić information content (AvgIpc) is 3.10. The predicted octanol–water partition coefficient (Wildman–Crippen LogP) is 2.92. The molecule has 0 saturated carbocycles. The van der Waals surface area contributed by atoms with Gasteiger partial charge in [0, 0.05) is 35.9 Å². The highest BCUT2D eigenvalue weighted by Crippen LogP contribution is 2.31. The summed E-state index contributed by atoms with van der Waals surface area (Å²) in [5.41, 5.74) is 2.39. The van der Waals surface area contributed by atoms with Crippen LogP contribution in [0.1, 0.15) is 27.7 Å². The summed E-state index contributed by atoms with van der Waals surface area (Å²) in [5.74, 6) is -0.631. The Morgan fingerprint density at radius 2 is 2.23 bits per heavy atom. The molecule has 22 heavy (non-hydrogen) atoms. The third-order valence-corrected chi connectivity index (χ3v) is 5.18. The molecule has 0 atom stereocenters. The van der Waals surface area contributed by atoms with E-state index in [-0.39, 0.29) is 5.69 Å². The Morgan fingerprint density at radius 3 is 3.00 bits per heavy atom. The smallest absolute Gasteiger partial charge is 0.356 e. The molecule has 1 aliphatic heterocycles. The Kier molecular flexibility index (Phi) is 3.20. The number of carboxylic acids is 1. The van der Waals surface area contributed by atoms with Crippen LogP contribution in [0.3, 0.4) is 0 Å². The topological polar surface area (TPSA) is 69.2 Å². The highest BCUT2D eigenvalue weighted by atomic mass is 32.1. The number of aromatic carboxylic acids is 1. The van der Waals surface area contributed by atoms with Crippen molar-refractivity contribution in [2.75, 3.05) is 13.1 Å². The van der Waals surface area contributed by atoms with Gasteiger partial charge in [0.2, 0.25) is 0 Å². The van der Waals surface area contributed by atoms with Crippen LogP contribution >= 0.6 is 11.3 Å². The SMILES string of the molecule is O=C(O)c1cc(C2CN(Cc3csc4ccccc34)C2)[nH]n1. The van der Waals surface area contributed by atoms with Crippen LogP contribution in [0.15, 0.2) is 35.7 Å². The number of thiophene rings is 1. The molecule has 112 valence electrons. The van der Waals surface area contributed by atoms with Crippen molar-refractivity contribution < 1.29 is 9.90 Å². The van der Waals surface area contributed by atoms with Gasteiger partial charge in [-0.05, 0) is 28.5 Å². The van der Waals surface area contributed by atoms with E-state index in [0.29, 0.717) is 5.92 Å². The lowest BCUT2D eigenvalue weighted by atomic mass is 9.95. The molecule has 0 bridgehead atoms. The maximum atomic E-state index is 10.9. The number of carbonyl (C=O) groups is 1. The van der Waals surface area contributed by atoms with Crippen LogP contribution in [0.4, 0.5) is 0 Å². The summed E-state index contributed by atoms with van der Waals surface area (Å²) in [6, 6.07) is 10.1. The van der Waals surface area contributed by atoms with Gasteiger partial charge in [0.25, 0.3) is 0 Å². The molecule has 6 heteroatoms. The van der Waals surface area contributed by atoms with Crippen molar-refractivity contribution in [1.29, 1.82) is 0 Å². The summed E-state index contributed by atoms with van der Waals surface area (Å²) in [6.45, 7) is 2.82. The normalized spacial score (nSPS) is 16.0. The largest absolute Gasteiger partial charge is 0.476 e. The van der Waals surface area contributed by atoms with Gasteiger partial charge >= 0.3 is 5.97 Å². The fourth-order valence-electron chi connectivity index (χ4n) is 2.95. The van der Waals surface area contributed by atoms with Crippen LogP contribution < -0.4 is 0 Å². The molecule has 5 nitrogen and oxygen atoms in total. The summed E-state index contributed by atoms with van der Waals surface area (Å²) < 4.78 is 1.33. The van der Waals surface area contributed by atoms with Gasteiger partial charge in [-0.25, -0.2) is 4.79 Å². The van der Waals surface area contributed by atoms with E-state index in [1.807, 2.05) is 0 Å². The van der Waals surface area contributed by atoms with Gasteiger partial charge in [-0.1, -0.05) is 18.2 Å².